The Bertz CT molecular complexity index is 663. The Labute approximate surface area is 198 Å². The molecule has 0 saturated heterocycles. The molecule has 0 aromatic heterocycles. The molecule has 0 aliphatic carbocycles. The second-order valence-electron chi connectivity index (χ2n) is 9.28. The average molecular weight is 469 g/mol. The number of rotatable bonds is 20. The van der Waals surface area contributed by atoms with Gasteiger partial charge in [0.1, 0.15) is 17.6 Å². The van der Waals surface area contributed by atoms with Gasteiger partial charge in [0.15, 0.2) is 0 Å². The molecular weight excluding hydrogens is 420 g/mol. The van der Waals surface area contributed by atoms with Gasteiger partial charge >= 0.3 is 0 Å². The summed E-state index contributed by atoms with van der Waals surface area (Å²) in [6.07, 6.45) is 19.6. The van der Waals surface area contributed by atoms with Crippen LogP contribution in [0.1, 0.15) is 122 Å². The average Bonchev–Trinajstić information content (AvgIpc) is 2.76. The van der Waals surface area contributed by atoms with Gasteiger partial charge < -0.3 is 4.74 Å². The fourth-order valence-electron chi connectivity index (χ4n) is 4.05. The van der Waals surface area contributed by atoms with Gasteiger partial charge in [-0.3, -0.25) is 4.55 Å². The molecule has 0 saturated carbocycles. The molecule has 0 bridgehead atoms. The number of hydrogen-bond donors (Lipinski definition) is 1. The topological polar surface area (TPSA) is 63.6 Å². The second kappa shape index (κ2) is 17.4. The van der Waals surface area contributed by atoms with Gasteiger partial charge in [-0.1, -0.05) is 109 Å². The predicted octanol–water partition coefficient (Wildman–Crippen LogP) is 7.93. The van der Waals surface area contributed by atoms with Crippen LogP contribution >= 0.6 is 0 Å². The van der Waals surface area contributed by atoms with Crippen LogP contribution < -0.4 is 4.74 Å². The fourth-order valence-corrected chi connectivity index (χ4v) is 4.29. The van der Waals surface area contributed by atoms with E-state index in [-0.39, 0.29) is 6.61 Å². The van der Waals surface area contributed by atoms with Crippen molar-refractivity contribution >= 4 is 10.1 Å². The quantitative estimate of drug-likeness (QED) is 0.156. The van der Waals surface area contributed by atoms with Gasteiger partial charge in [-0.15, -0.1) is 0 Å². The lowest BCUT2D eigenvalue weighted by Crippen LogP contribution is -2.24. The Morgan fingerprint density at radius 1 is 0.750 bits per heavy atom. The summed E-state index contributed by atoms with van der Waals surface area (Å²) < 4.78 is 38.2. The first kappa shape index (κ1) is 29.0. The Morgan fingerprint density at radius 2 is 1.16 bits per heavy atom. The van der Waals surface area contributed by atoms with Crippen LogP contribution in [0.2, 0.25) is 0 Å². The van der Waals surface area contributed by atoms with E-state index in [1.165, 1.54) is 95.1 Å². The van der Waals surface area contributed by atoms with E-state index < -0.39 is 15.4 Å². The van der Waals surface area contributed by atoms with Crippen LogP contribution in [0.5, 0.6) is 5.75 Å². The zero-order chi connectivity index (χ0) is 23.7. The maximum Gasteiger partial charge on any atom is 0.270 e. The third kappa shape index (κ3) is 12.8. The molecule has 1 unspecified atom stereocenters. The van der Waals surface area contributed by atoms with Gasteiger partial charge in [0.25, 0.3) is 10.1 Å². The summed E-state index contributed by atoms with van der Waals surface area (Å²) in [5.74, 6) is 0.847. The molecule has 32 heavy (non-hydrogen) atoms. The van der Waals surface area contributed by atoms with Crippen LogP contribution in [-0.4, -0.2) is 24.8 Å². The van der Waals surface area contributed by atoms with Gasteiger partial charge in [-0.25, -0.2) is 0 Å². The Balaban J connectivity index is 2.67. The monoisotopic (exact) mass is 468 g/mol. The van der Waals surface area contributed by atoms with Gasteiger partial charge in [0.05, 0.1) is 0 Å². The molecule has 1 N–H and O–H groups in total. The minimum absolute atomic E-state index is 0.0170. The first-order valence-corrected chi connectivity index (χ1v) is 14.6. The maximum atomic E-state index is 11.4. The summed E-state index contributed by atoms with van der Waals surface area (Å²) in [6, 6.07) is 6.32. The molecule has 1 atom stereocenters. The molecule has 0 aliphatic heterocycles. The van der Waals surface area contributed by atoms with E-state index in [1.807, 2.05) is 0 Å². The predicted molar refractivity (Wildman–Crippen MR) is 136 cm³/mol. The fraction of sp³-hybridized carbons (Fsp3) is 0.778. The molecule has 186 valence electrons. The zero-order valence-electron chi connectivity index (χ0n) is 20.9. The number of benzene rings is 1. The van der Waals surface area contributed by atoms with E-state index in [9.17, 15) is 13.0 Å². The van der Waals surface area contributed by atoms with Crippen molar-refractivity contribution in [3.05, 3.63) is 29.3 Å². The van der Waals surface area contributed by atoms with Gasteiger partial charge in [0, 0.05) is 0 Å². The molecule has 0 heterocycles. The van der Waals surface area contributed by atoms with E-state index in [4.69, 9.17) is 4.74 Å². The minimum atomic E-state index is -4.09. The number of para-hydroxylation sites is 1. The standard InChI is InChI=1S/C27H48O4S/c1-4-6-8-10-12-14-16-19-25-21-18-22-26(20-17-15-13-11-9-7-5-2)27(25)31-23-24(3)32(28,29)30/h18,21-22,24H,4-17,19-20,23H2,1-3H3,(H,28,29,30). The molecule has 1 aromatic rings. The number of unbranched alkanes of at least 4 members (excludes halogenated alkanes) is 12. The van der Waals surface area contributed by atoms with Crippen LogP contribution in [0, 0.1) is 0 Å². The molecular formula is C27H48O4S. The van der Waals surface area contributed by atoms with E-state index in [1.54, 1.807) is 0 Å². The van der Waals surface area contributed by atoms with Crippen molar-refractivity contribution in [2.24, 2.45) is 0 Å². The lowest BCUT2D eigenvalue weighted by atomic mass is 9.98. The number of ether oxygens (including phenoxy) is 1. The normalized spacial score (nSPS) is 12.8. The van der Waals surface area contributed by atoms with Crippen molar-refractivity contribution < 1.29 is 17.7 Å². The van der Waals surface area contributed by atoms with Crippen molar-refractivity contribution in [2.75, 3.05) is 6.61 Å². The van der Waals surface area contributed by atoms with Crippen LogP contribution in [0.25, 0.3) is 0 Å². The SMILES string of the molecule is CCCCCCCCCc1cccc(CCCCCCCCC)c1OCC(C)S(=O)(=O)O. The van der Waals surface area contributed by atoms with Crippen molar-refractivity contribution in [1.82, 2.24) is 0 Å². The molecule has 0 aliphatic rings. The second-order valence-corrected chi connectivity index (χ2v) is 11.1. The van der Waals surface area contributed by atoms with E-state index in [2.05, 4.69) is 32.0 Å². The summed E-state index contributed by atoms with van der Waals surface area (Å²) in [5, 5.41) is -0.930. The summed E-state index contributed by atoms with van der Waals surface area (Å²) >= 11 is 0. The summed E-state index contributed by atoms with van der Waals surface area (Å²) in [7, 11) is -4.09. The third-order valence-electron chi connectivity index (χ3n) is 6.25. The van der Waals surface area contributed by atoms with Gasteiger partial charge in [-0.05, 0) is 43.7 Å². The molecule has 4 nitrogen and oxygen atoms in total. The lowest BCUT2D eigenvalue weighted by molar-refractivity contribution is 0.304. The van der Waals surface area contributed by atoms with Gasteiger partial charge in [0.2, 0.25) is 0 Å². The van der Waals surface area contributed by atoms with Crippen molar-refractivity contribution in [2.45, 2.75) is 129 Å². The smallest absolute Gasteiger partial charge is 0.270 e. The highest BCUT2D eigenvalue weighted by molar-refractivity contribution is 7.86. The number of aryl methyl sites for hydroxylation is 2. The molecule has 0 spiro atoms. The highest BCUT2D eigenvalue weighted by atomic mass is 32.2. The van der Waals surface area contributed by atoms with E-state index in [0.717, 1.165) is 31.4 Å². The summed E-state index contributed by atoms with van der Waals surface area (Å²) in [4.78, 5) is 0. The summed E-state index contributed by atoms with van der Waals surface area (Å²) in [5.41, 5.74) is 2.34. The first-order chi connectivity index (χ1) is 15.4. The third-order valence-corrected chi connectivity index (χ3v) is 7.40. The molecule has 5 heteroatoms. The highest BCUT2D eigenvalue weighted by Crippen LogP contribution is 2.28. The van der Waals surface area contributed by atoms with Crippen LogP contribution in [0.3, 0.4) is 0 Å². The minimum Gasteiger partial charge on any atom is -0.492 e. The van der Waals surface area contributed by atoms with Crippen molar-refractivity contribution in [3.63, 3.8) is 0 Å². The highest BCUT2D eigenvalue weighted by Gasteiger charge is 2.19. The Kier molecular flexibility index (Phi) is 15.8. The maximum absolute atomic E-state index is 11.4. The molecule has 1 aromatic carbocycles. The summed E-state index contributed by atoms with van der Waals surface area (Å²) in [6.45, 7) is 5.95. The number of hydrogen-bond acceptors (Lipinski definition) is 3. The lowest BCUT2D eigenvalue weighted by Gasteiger charge is -2.18. The van der Waals surface area contributed by atoms with Gasteiger partial charge in [-0.2, -0.15) is 8.42 Å². The van der Waals surface area contributed by atoms with Crippen molar-refractivity contribution in [3.8, 4) is 5.75 Å². The largest absolute Gasteiger partial charge is 0.492 e. The Hall–Kier alpha value is -1.07. The van der Waals surface area contributed by atoms with Crippen LogP contribution in [0.4, 0.5) is 0 Å². The van der Waals surface area contributed by atoms with Crippen LogP contribution in [-0.2, 0) is 23.0 Å². The molecule has 0 fully saturated rings. The first-order valence-electron chi connectivity index (χ1n) is 13.1. The zero-order valence-corrected chi connectivity index (χ0v) is 21.7. The molecule has 0 radical (unpaired) electrons. The molecule has 0 amide bonds. The van der Waals surface area contributed by atoms with Crippen molar-refractivity contribution in [1.29, 1.82) is 0 Å². The van der Waals surface area contributed by atoms with E-state index in [0.29, 0.717) is 0 Å². The van der Waals surface area contributed by atoms with Crippen LogP contribution in [0.15, 0.2) is 18.2 Å². The Morgan fingerprint density at radius 3 is 1.56 bits per heavy atom. The van der Waals surface area contributed by atoms with E-state index >= 15 is 0 Å². The molecule has 1 rings (SSSR count).